The Morgan fingerprint density at radius 2 is 2.00 bits per heavy atom. The topological polar surface area (TPSA) is 94.9 Å². The van der Waals surface area contributed by atoms with Gasteiger partial charge in [-0.05, 0) is 31.4 Å². The van der Waals surface area contributed by atoms with E-state index in [1.165, 1.54) is 0 Å². The maximum Gasteiger partial charge on any atom is 0.251 e. The van der Waals surface area contributed by atoms with E-state index in [9.17, 15) is 9.59 Å². The van der Waals surface area contributed by atoms with Gasteiger partial charge < -0.3 is 10.6 Å². The molecule has 0 spiro atoms. The monoisotopic (exact) mass is 370 g/mol. The number of hydrogen-bond acceptors (Lipinski definition) is 5. The van der Waals surface area contributed by atoms with E-state index in [1.54, 1.807) is 23.5 Å². The van der Waals surface area contributed by atoms with Gasteiger partial charge in [-0.25, -0.2) is 4.98 Å². The molecule has 2 amide bonds. The number of nitrogens with zero attached hydrogens (tertiary/aromatic N) is 2. The molecule has 7 heteroatoms. The van der Waals surface area contributed by atoms with Crippen molar-refractivity contribution in [3.8, 4) is 17.3 Å². The van der Waals surface area contributed by atoms with Crippen LogP contribution in [0.25, 0.3) is 11.3 Å². The summed E-state index contributed by atoms with van der Waals surface area (Å²) in [5.74, 6) is -0.144. The molecule has 2 N–H and O–H groups in total. The molecule has 136 valence electrons. The van der Waals surface area contributed by atoms with Gasteiger partial charge in [-0.1, -0.05) is 19.1 Å². The molecular weight excluding hydrogens is 348 g/mol. The number of aromatic nitrogens is 1. The van der Waals surface area contributed by atoms with Crippen molar-refractivity contribution < 1.29 is 9.59 Å². The van der Waals surface area contributed by atoms with Crippen LogP contribution in [-0.2, 0) is 4.79 Å². The summed E-state index contributed by atoms with van der Waals surface area (Å²) in [7, 11) is 0. The van der Waals surface area contributed by atoms with Crippen LogP contribution < -0.4 is 10.6 Å². The van der Waals surface area contributed by atoms with Gasteiger partial charge in [0.05, 0.1) is 16.8 Å². The van der Waals surface area contributed by atoms with Gasteiger partial charge in [0.15, 0.2) is 0 Å². The lowest BCUT2D eigenvalue weighted by atomic mass is 10.0. The van der Waals surface area contributed by atoms with Crippen LogP contribution in [0.2, 0.25) is 0 Å². The van der Waals surface area contributed by atoms with E-state index in [2.05, 4.69) is 15.6 Å². The number of aryl methyl sites for hydroxylation is 1. The molecule has 0 bridgehead atoms. The molecule has 0 fully saturated rings. The number of nitrogens with one attached hydrogen (secondary N) is 2. The van der Waals surface area contributed by atoms with Crippen molar-refractivity contribution >= 4 is 23.2 Å². The largest absolute Gasteiger partial charge is 0.352 e. The highest BCUT2D eigenvalue weighted by molar-refractivity contribution is 7.09. The Hall–Kier alpha value is -2.72. The zero-order chi connectivity index (χ0) is 18.9. The van der Waals surface area contributed by atoms with Crippen molar-refractivity contribution in [3.05, 3.63) is 40.2 Å². The van der Waals surface area contributed by atoms with E-state index in [0.29, 0.717) is 24.9 Å². The Kier molecular flexibility index (Phi) is 7.30. The molecule has 1 aromatic carbocycles. The first-order valence-corrected chi connectivity index (χ1v) is 9.32. The molecule has 1 atom stereocenters. The fourth-order valence-electron chi connectivity index (χ4n) is 2.45. The normalized spacial score (nSPS) is 11.4. The highest BCUT2D eigenvalue weighted by Gasteiger charge is 2.11. The van der Waals surface area contributed by atoms with Crippen LogP contribution in [0.15, 0.2) is 29.6 Å². The van der Waals surface area contributed by atoms with E-state index in [-0.39, 0.29) is 24.3 Å². The predicted molar refractivity (Wildman–Crippen MR) is 102 cm³/mol. The summed E-state index contributed by atoms with van der Waals surface area (Å²) in [5.41, 5.74) is 2.51. The summed E-state index contributed by atoms with van der Waals surface area (Å²) >= 11 is 1.60. The van der Waals surface area contributed by atoms with Gasteiger partial charge in [-0.15, -0.1) is 11.3 Å². The molecule has 0 aliphatic heterocycles. The van der Waals surface area contributed by atoms with Gasteiger partial charge in [0, 0.05) is 29.5 Å². The van der Waals surface area contributed by atoms with E-state index in [1.807, 2.05) is 37.4 Å². The molecule has 1 aromatic heterocycles. The van der Waals surface area contributed by atoms with Crippen LogP contribution >= 0.6 is 11.3 Å². The minimum atomic E-state index is -0.141. The fourth-order valence-corrected chi connectivity index (χ4v) is 3.07. The molecule has 6 nitrogen and oxygen atoms in total. The second kappa shape index (κ2) is 9.68. The maximum atomic E-state index is 12.2. The molecule has 2 rings (SSSR count). The maximum absolute atomic E-state index is 12.2. The van der Waals surface area contributed by atoms with Crippen molar-refractivity contribution in [2.24, 2.45) is 5.92 Å². The summed E-state index contributed by atoms with van der Waals surface area (Å²) in [4.78, 5) is 28.2. The Morgan fingerprint density at radius 3 is 2.62 bits per heavy atom. The number of rotatable bonds is 8. The van der Waals surface area contributed by atoms with Crippen LogP contribution in [-0.4, -0.2) is 29.9 Å². The van der Waals surface area contributed by atoms with Crippen molar-refractivity contribution in [2.75, 3.05) is 13.1 Å². The molecule has 0 aliphatic carbocycles. The van der Waals surface area contributed by atoms with Gasteiger partial charge in [0.2, 0.25) is 5.91 Å². The molecule has 0 saturated heterocycles. The van der Waals surface area contributed by atoms with Crippen LogP contribution in [0.4, 0.5) is 0 Å². The first kappa shape index (κ1) is 19.6. The summed E-state index contributed by atoms with van der Waals surface area (Å²) in [6.07, 6.45) is 1.04. The number of carbonyl (C=O) groups excluding carboxylic acids is 2. The van der Waals surface area contributed by atoms with Crippen molar-refractivity contribution in [3.63, 3.8) is 0 Å². The van der Waals surface area contributed by atoms with Crippen LogP contribution in [0.1, 0.15) is 35.1 Å². The molecule has 1 heterocycles. The lowest BCUT2D eigenvalue weighted by Crippen LogP contribution is -2.28. The zero-order valence-electron chi connectivity index (χ0n) is 14.9. The van der Waals surface area contributed by atoms with Crippen LogP contribution in [0.3, 0.4) is 0 Å². The van der Waals surface area contributed by atoms with Crippen LogP contribution in [0.5, 0.6) is 0 Å². The van der Waals surface area contributed by atoms with E-state index < -0.39 is 0 Å². The quantitative estimate of drug-likeness (QED) is 0.699. The zero-order valence-corrected chi connectivity index (χ0v) is 15.7. The number of benzene rings is 1. The van der Waals surface area contributed by atoms with E-state index in [0.717, 1.165) is 16.3 Å². The Bertz CT molecular complexity index is 793. The van der Waals surface area contributed by atoms with E-state index in [4.69, 9.17) is 5.26 Å². The number of amides is 2. The third kappa shape index (κ3) is 5.97. The average molecular weight is 370 g/mol. The Balaban J connectivity index is 1.77. The molecule has 0 radical (unpaired) electrons. The molecule has 26 heavy (non-hydrogen) atoms. The van der Waals surface area contributed by atoms with Crippen molar-refractivity contribution in [1.82, 2.24) is 15.6 Å². The molecular formula is C19H22N4O2S. The van der Waals surface area contributed by atoms with Crippen LogP contribution in [0, 0.1) is 24.2 Å². The van der Waals surface area contributed by atoms with Crippen molar-refractivity contribution in [1.29, 1.82) is 5.26 Å². The van der Waals surface area contributed by atoms with E-state index >= 15 is 0 Å². The molecule has 0 aliphatic rings. The predicted octanol–water partition coefficient (Wildman–Crippen LogP) is 2.90. The van der Waals surface area contributed by atoms with Gasteiger partial charge >= 0.3 is 0 Å². The van der Waals surface area contributed by atoms with Crippen molar-refractivity contribution in [2.45, 2.75) is 26.7 Å². The highest BCUT2D eigenvalue weighted by Crippen LogP contribution is 2.21. The number of nitriles is 1. The SMILES string of the molecule is Cc1nc(-c2ccc(C(=O)NCCC(C)CC(=O)NCC#N)cc2)cs1. The molecule has 1 unspecified atom stereocenters. The number of carbonyl (C=O) groups is 2. The standard InChI is InChI=1S/C19H22N4O2S/c1-13(11-18(24)21-10-8-20)7-9-22-19(25)16-5-3-15(4-6-16)17-12-26-14(2)23-17/h3-6,12-13H,7,9-11H2,1-2H3,(H,21,24)(H,22,25). The first-order valence-electron chi connectivity index (χ1n) is 8.44. The lowest BCUT2D eigenvalue weighted by molar-refractivity contribution is -0.121. The minimum Gasteiger partial charge on any atom is -0.352 e. The van der Waals surface area contributed by atoms with Gasteiger partial charge in [0.1, 0.15) is 6.54 Å². The number of hydrogen-bond donors (Lipinski definition) is 2. The van der Waals surface area contributed by atoms with Gasteiger partial charge in [0.25, 0.3) is 5.91 Å². The minimum absolute atomic E-state index is 0.0265. The fraction of sp³-hybridized carbons (Fsp3) is 0.368. The average Bonchev–Trinajstić information content (AvgIpc) is 3.06. The molecule has 2 aromatic rings. The van der Waals surface area contributed by atoms with Gasteiger partial charge in [-0.3, -0.25) is 9.59 Å². The Morgan fingerprint density at radius 1 is 1.27 bits per heavy atom. The van der Waals surface area contributed by atoms with Gasteiger partial charge in [-0.2, -0.15) is 5.26 Å². The Labute approximate surface area is 157 Å². The second-order valence-electron chi connectivity index (χ2n) is 6.12. The third-order valence-electron chi connectivity index (χ3n) is 3.88. The summed E-state index contributed by atoms with van der Waals surface area (Å²) in [5, 5.41) is 16.8. The first-order chi connectivity index (χ1) is 12.5. The second-order valence-corrected chi connectivity index (χ2v) is 7.18. The molecule has 0 saturated carbocycles. The summed E-state index contributed by atoms with van der Waals surface area (Å²) < 4.78 is 0. The lowest BCUT2D eigenvalue weighted by Gasteiger charge is -2.11. The third-order valence-corrected chi connectivity index (χ3v) is 4.66. The summed E-state index contributed by atoms with van der Waals surface area (Å²) in [6.45, 7) is 4.43. The summed E-state index contributed by atoms with van der Waals surface area (Å²) in [6, 6.07) is 9.24. The number of thiazole rings is 1. The smallest absolute Gasteiger partial charge is 0.251 e. The highest BCUT2D eigenvalue weighted by atomic mass is 32.1.